The molecule has 0 aliphatic rings. The minimum Gasteiger partial charge on any atom is -0.489 e. The van der Waals surface area contributed by atoms with Crippen LogP contribution in [0.5, 0.6) is 5.75 Å². The Hall–Kier alpha value is -0.670. The minimum atomic E-state index is 0.215. The zero-order valence-electron chi connectivity index (χ0n) is 10.3. The zero-order valence-corrected chi connectivity index (χ0v) is 11.1. The fourth-order valence-corrected chi connectivity index (χ4v) is 1.82. The van der Waals surface area contributed by atoms with Gasteiger partial charge in [-0.2, -0.15) is 0 Å². The summed E-state index contributed by atoms with van der Waals surface area (Å²) in [4.78, 5) is 1.27. The maximum atomic E-state index is 5.79. The molecule has 0 aliphatic heterocycles. The van der Waals surface area contributed by atoms with Crippen LogP contribution in [0.3, 0.4) is 0 Å². The van der Waals surface area contributed by atoms with Gasteiger partial charge in [-0.05, 0) is 50.4 Å². The Kier molecular flexibility index (Phi) is 6.34. The molecule has 0 radical (unpaired) electrons. The van der Waals surface area contributed by atoms with Crippen molar-refractivity contribution in [1.82, 2.24) is 5.32 Å². The summed E-state index contributed by atoms with van der Waals surface area (Å²) in [6, 6.07) is 8.24. The average Bonchev–Trinajstić information content (AvgIpc) is 2.30. The van der Waals surface area contributed by atoms with Crippen LogP contribution in [0, 0.1) is 0 Å². The van der Waals surface area contributed by atoms with Gasteiger partial charge in [-0.1, -0.05) is 6.92 Å². The fraction of sp³-hybridized carbons (Fsp3) is 0.538. The minimum absolute atomic E-state index is 0.215. The molecule has 0 saturated carbocycles. The second-order valence-electron chi connectivity index (χ2n) is 3.81. The van der Waals surface area contributed by atoms with Crippen molar-refractivity contribution in [3.63, 3.8) is 0 Å². The lowest BCUT2D eigenvalue weighted by Crippen LogP contribution is -2.29. The van der Waals surface area contributed by atoms with Crippen molar-refractivity contribution in [2.45, 2.75) is 31.3 Å². The fourth-order valence-electron chi connectivity index (χ4n) is 1.41. The lowest BCUT2D eigenvalue weighted by molar-refractivity contribution is 0.217. The highest BCUT2D eigenvalue weighted by Crippen LogP contribution is 2.19. The Morgan fingerprint density at radius 2 is 2.00 bits per heavy atom. The Morgan fingerprint density at radius 1 is 1.31 bits per heavy atom. The highest BCUT2D eigenvalue weighted by molar-refractivity contribution is 7.98. The summed E-state index contributed by atoms with van der Waals surface area (Å²) in [5.41, 5.74) is 0. The van der Waals surface area contributed by atoms with Crippen molar-refractivity contribution in [1.29, 1.82) is 0 Å². The molecule has 0 aliphatic carbocycles. The third-order valence-corrected chi connectivity index (χ3v) is 3.00. The zero-order chi connectivity index (χ0) is 11.8. The normalized spacial score (nSPS) is 12.4. The number of thioether (sulfide) groups is 1. The lowest BCUT2D eigenvalue weighted by Gasteiger charge is -2.15. The quantitative estimate of drug-likeness (QED) is 0.583. The highest BCUT2D eigenvalue weighted by atomic mass is 32.2. The Balaban J connectivity index is 2.34. The standard InChI is InChI=1S/C13H21NOS/c1-4-9-14-10-11(2)15-12-5-7-13(16-3)8-6-12/h5-8,11,14H,4,9-10H2,1-3H3. The second kappa shape index (κ2) is 7.58. The second-order valence-corrected chi connectivity index (χ2v) is 4.69. The van der Waals surface area contributed by atoms with Crippen LogP contribution < -0.4 is 10.1 Å². The molecule has 1 N–H and O–H groups in total. The van der Waals surface area contributed by atoms with E-state index in [2.05, 4.69) is 37.6 Å². The van der Waals surface area contributed by atoms with Gasteiger partial charge >= 0.3 is 0 Å². The number of ether oxygens (including phenoxy) is 1. The molecule has 0 aromatic heterocycles. The van der Waals surface area contributed by atoms with Crippen LogP contribution in [-0.4, -0.2) is 25.4 Å². The van der Waals surface area contributed by atoms with Gasteiger partial charge in [0, 0.05) is 11.4 Å². The largest absolute Gasteiger partial charge is 0.489 e. The predicted octanol–water partition coefficient (Wildman–Crippen LogP) is 3.18. The van der Waals surface area contributed by atoms with E-state index in [1.807, 2.05) is 12.1 Å². The van der Waals surface area contributed by atoms with Crippen molar-refractivity contribution >= 4 is 11.8 Å². The highest BCUT2D eigenvalue weighted by Gasteiger charge is 2.02. The van der Waals surface area contributed by atoms with Crippen LogP contribution in [-0.2, 0) is 0 Å². The van der Waals surface area contributed by atoms with Crippen molar-refractivity contribution in [3.05, 3.63) is 24.3 Å². The van der Waals surface area contributed by atoms with Gasteiger partial charge in [0.15, 0.2) is 0 Å². The molecule has 0 fully saturated rings. The van der Waals surface area contributed by atoms with Crippen molar-refractivity contribution in [2.75, 3.05) is 19.3 Å². The molecule has 16 heavy (non-hydrogen) atoms. The number of hydrogen-bond acceptors (Lipinski definition) is 3. The first-order valence-electron chi connectivity index (χ1n) is 5.77. The molecule has 90 valence electrons. The van der Waals surface area contributed by atoms with Gasteiger partial charge < -0.3 is 10.1 Å². The van der Waals surface area contributed by atoms with Crippen LogP contribution >= 0.6 is 11.8 Å². The first-order chi connectivity index (χ1) is 7.76. The van der Waals surface area contributed by atoms with E-state index in [0.717, 1.165) is 25.3 Å². The molecule has 1 atom stereocenters. The summed E-state index contributed by atoms with van der Waals surface area (Å²) < 4.78 is 5.79. The molecule has 0 saturated heterocycles. The molecule has 1 unspecified atom stereocenters. The average molecular weight is 239 g/mol. The van der Waals surface area contributed by atoms with Crippen LogP contribution in [0.2, 0.25) is 0 Å². The van der Waals surface area contributed by atoms with E-state index < -0.39 is 0 Å². The Labute approximate surface area is 103 Å². The third kappa shape index (κ3) is 4.90. The van der Waals surface area contributed by atoms with E-state index in [0.29, 0.717) is 0 Å². The van der Waals surface area contributed by atoms with Gasteiger partial charge in [0.2, 0.25) is 0 Å². The maximum Gasteiger partial charge on any atom is 0.119 e. The molecule has 1 aromatic carbocycles. The van der Waals surface area contributed by atoms with Crippen LogP contribution in [0.15, 0.2) is 29.2 Å². The molecule has 1 aromatic rings. The first kappa shape index (κ1) is 13.4. The molecule has 1 rings (SSSR count). The van der Waals surface area contributed by atoms with Gasteiger partial charge in [-0.15, -0.1) is 11.8 Å². The molecular formula is C13H21NOS. The maximum absolute atomic E-state index is 5.79. The number of nitrogens with one attached hydrogen (secondary N) is 1. The molecular weight excluding hydrogens is 218 g/mol. The van der Waals surface area contributed by atoms with E-state index in [1.165, 1.54) is 4.90 Å². The van der Waals surface area contributed by atoms with E-state index >= 15 is 0 Å². The summed E-state index contributed by atoms with van der Waals surface area (Å²) in [7, 11) is 0. The number of hydrogen-bond donors (Lipinski definition) is 1. The summed E-state index contributed by atoms with van der Waals surface area (Å²) in [5.74, 6) is 0.948. The molecule has 0 heterocycles. The summed E-state index contributed by atoms with van der Waals surface area (Å²) >= 11 is 1.75. The van der Waals surface area contributed by atoms with Gasteiger partial charge in [0.25, 0.3) is 0 Å². The smallest absolute Gasteiger partial charge is 0.119 e. The van der Waals surface area contributed by atoms with Crippen LogP contribution in [0.25, 0.3) is 0 Å². The van der Waals surface area contributed by atoms with Gasteiger partial charge in [0.05, 0.1) is 0 Å². The lowest BCUT2D eigenvalue weighted by atomic mass is 10.3. The molecule has 0 bridgehead atoms. The molecule has 0 spiro atoms. The van der Waals surface area contributed by atoms with Gasteiger partial charge in [0.1, 0.15) is 11.9 Å². The van der Waals surface area contributed by atoms with Crippen molar-refractivity contribution < 1.29 is 4.74 Å². The van der Waals surface area contributed by atoms with E-state index in [1.54, 1.807) is 11.8 Å². The Morgan fingerprint density at radius 3 is 2.56 bits per heavy atom. The number of rotatable bonds is 7. The predicted molar refractivity (Wildman–Crippen MR) is 71.5 cm³/mol. The number of benzene rings is 1. The first-order valence-corrected chi connectivity index (χ1v) is 7.00. The van der Waals surface area contributed by atoms with Gasteiger partial charge in [-0.3, -0.25) is 0 Å². The summed E-state index contributed by atoms with van der Waals surface area (Å²) in [6.45, 7) is 6.21. The van der Waals surface area contributed by atoms with E-state index in [4.69, 9.17) is 4.74 Å². The van der Waals surface area contributed by atoms with E-state index in [-0.39, 0.29) is 6.10 Å². The SMILES string of the molecule is CCCNCC(C)Oc1ccc(SC)cc1. The van der Waals surface area contributed by atoms with Gasteiger partial charge in [-0.25, -0.2) is 0 Å². The van der Waals surface area contributed by atoms with E-state index in [9.17, 15) is 0 Å². The summed E-state index contributed by atoms with van der Waals surface area (Å²) in [6.07, 6.45) is 3.45. The third-order valence-electron chi connectivity index (χ3n) is 2.26. The molecule has 2 nitrogen and oxygen atoms in total. The Bertz CT molecular complexity index is 286. The van der Waals surface area contributed by atoms with Crippen molar-refractivity contribution in [2.24, 2.45) is 0 Å². The van der Waals surface area contributed by atoms with Crippen LogP contribution in [0.4, 0.5) is 0 Å². The topological polar surface area (TPSA) is 21.3 Å². The molecule has 0 amide bonds. The van der Waals surface area contributed by atoms with Crippen molar-refractivity contribution in [3.8, 4) is 5.75 Å². The van der Waals surface area contributed by atoms with Crippen LogP contribution in [0.1, 0.15) is 20.3 Å². The monoisotopic (exact) mass is 239 g/mol. The molecule has 3 heteroatoms. The summed E-state index contributed by atoms with van der Waals surface area (Å²) in [5, 5.41) is 3.35.